The average Bonchev–Trinajstić information content (AvgIpc) is 3.43. The van der Waals surface area contributed by atoms with Gasteiger partial charge < -0.3 is 14.6 Å². The maximum atomic E-state index is 13.0. The molecule has 0 saturated carbocycles. The molecule has 2 aromatic carbocycles. The number of hydrogen-bond donors (Lipinski definition) is 1. The molecule has 1 fully saturated rings. The lowest BCUT2D eigenvalue weighted by molar-refractivity contribution is -0.137. The van der Waals surface area contributed by atoms with Gasteiger partial charge in [-0.05, 0) is 66.6 Å². The Morgan fingerprint density at radius 2 is 1.86 bits per heavy atom. The van der Waals surface area contributed by atoms with Crippen molar-refractivity contribution in [3.05, 3.63) is 77.5 Å². The third-order valence-electron chi connectivity index (χ3n) is 7.58. The SMILES string of the molecule is CC(C)CC1OC2(CCN(c3ccc(-c4nc5ccc(C(F)(F)F)cc5[nH]4)cn3)CC2)c2ccccc21. The minimum atomic E-state index is -4.39. The number of hydrogen-bond acceptors (Lipinski definition) is 4. The predicted molar refractivity (Wildman–Crippen MR) is 137 cm³/mol. The molecule has 1 spiro atoms. The van der Waals surface area contributed by atoms with Crippen LogP contribution >= 0.6 is 0 Å². The number of fused-ring (bicyclic) bond motifs is 3. The van der Waals surface area contributed by atoms with E-state index in [9.17, 15) is 13.2 Å². The highest BCUT2D eigenvalue weighted by Crippen LogP contribution is 2.51. The summed E-state index contributed by atoms with van der Waals surface area (Å²) in [7, 11) is 0. The summed E-state index contributed by atoms with van der Waals surface area (Å²) in [5.74, 6) is 1.94. The summed E-state index contributed by atoms with van der Waals surface area (Å²) in [6, 6.07) is 16.0. The molecule has 4 aromatic rings. The molecule has 1 saturated heterocycles. The van der Waals surface area contributed by atoms with Gasteiger partial charge in [0.2, 0.25) is 0 Å². The largest absolute Gasteiger partial charge is 0.416 e. The topological polar surface area (TPSA) is 54.0 Å². The van der Waals surface area contributed by atoms with E-state index >= 15 is 0 Å². The Kier molecular flexibility index (Phi) is 5.75. The number of aromatic nitrogens is 3. The molecule has 37 heavy (non-hydrogen) atoms. The van der Waals surface area contributed by atoms with Crippen LogP contribution in [0, 0.1) is 5.92 Å². The molecule has 4 heterocycles. The lowest BCUT2D eigenvalue weighted by Crippen LogP contribution is -2.43. The van der Waals surface area contributed by atoms with Gasteiger partial charge in [0, 0.05) is 24.8 Å². The Bertz CT molecular complexity index is 1420. The molecule has 1 N–H and O–H groups in total. The quantitative estimate of drug-likeness (QED) is 0.317. The Morgan fingerprint density at radius 1 is 1.08 bits per heavy atom. The number of H-pyrrole nitrogens is 1. The van der Waals surface area contributed by atoms with Gasteiger partial charge in [-0.3, -0.25) is 0 Å². The Hall–Kier alpha value is -3.39. The van der Waals surface area contributed by atoms with Crippen LogP contribution in [0.25, 0.3) is 22.4 Å². The van der Waals surface area contributed by atoms with Crippen molar-refractivity contribution in [1.82, 2.24) is 15.0 Å². The van der Waals surface area contributed by atoms with Gasteiger partial charge in [0.25, 0.3) is 0 Å². The first kappa shape index (κ1) is 24.0. The van der Waals surface area contributed by atoms with Gasteiger partial charge in [-0.1, -0.05) is 38.1 Å². The Labute approximate surface area is 213 Å². The van der Waals surface area contributed by atoms with Crippen molar-refractivity contribution < 1.29 is 17.9 Å². The summed E-state index contributed by atoms with van der Waals surface area (Å²) in [6.07, 6.45) is 0.292. The zero-order chi connectivity index (χ0) is 25.8. The standard InChI is InChI=1S/C29H29F3N4O/c1-18(2)15-25-21-5-3-4-6-22(21)28(37-25)11-13-36(14-12-28)26-10-7-19(17-33-26)27-34-23-9-8-20(29(30,31)32)16-24(23)35-27/h3-10,16-18,25H,11-15H2,1-2H3,(H,34,35). The van der Waals surface area contributed by atoms with Crippen molar-refractivity contribution in [2.45, 2.75) is 51.0 Å². The number of halogens is 3. The lowest BCUT2D eigenvalue weighted by Gasteiger charge is -2.40. The van der Waals surface area contributed by atoms with Crippen molar-refractivity contribution in [1.29, 1.82) is 0 Å². The summed E-state index contributed by atoms with van der Waals surface area (Å²) in [5.41, 5.74) is 3.30. The highest BCUT2D eigenvalue weighted by molar-refractivity contribution is 5.80. The summed E-state index contributed by atoms with van der Waals surface area (Å²) in [5, 5.41) is 0. The molecule has 0 radical (unpaired) electrons. The molecule has 1 unspecified atom stereocenters. The number of rotatable bonds is 4. The minimum absolute atomic E-state index is 0.149. The van der Waals surface area contributed by atoms with E-state index in [0.717, 1.165) is 55.9 Å². The van der Waals surface area contributed by atoms with Gasteiger partial charge in [-0.25, -0.2) is 9.97 Å². The molecule has 1 atom stereocenters. The molecule has 0 bridgehead atoms. The van der Waals surface area contributed by atoms with E-state index in [1.807, 2.05) is 12.1 Å². The molecule has 0 aliphatic carbocycles. The number of nitrogens with zero attached hydrogens (tertiary/aromatic N) is 3. The number of ether oxygens (including phenoxy) is 1. The molecule has 0 amide bonds. The average molecular weight is 507 g/mol. The third kappa shape index (κ3) is 4.37. The van der Waals surface area contributed by atoms with Crippen molar-refractivity contribution in [3.63, 3.8) is 0 Å². The number of alkyl halides is 3. The fourth-order valence-corrected chi connectivity index (χ4v) is 5.72. The zero-order valence-corrected chi connectivity index (χ0v) is 20.8. The highest BCUT2D eigenvalue weighted by Gasteiger charge is 2.46. The maximum absolute atomic E-state index is 13.0. The molecular weight excluding hydrogens is 477 g/mol. The van der Waals surface area contributed by atoms with Crippen LogP contribution in [0.5, 0.6) is 0 Å². The maximum Gasteiger partial charge on any atom is 0.416 e. The summed E-state index contributed by atoms with van der Waals surface area (Å²) in [4.78, 5) is 14.4. The van der Waals surface area contributed by atoms with Crippen molar-refractivity contribution in [3.8, 4) is 11.4 Å². The van der Waals surface area contributed by atoms with Gasteiger partial charge in [-0.2, -0.15) is 13.2 Å². The summed E-state index contributed by atoms with van der Waals surface area (Å²) < 4.78 is 45.9. The second-order valence-electron chi connectivity index (χ2n) is 10.5. The van der Waals surface area contributed by atoms with Gasteiger partial charge >= 0.3 is 6.18 Å². The second kappa shape index (κ2) is 8.87. The fraction of sp³-hybridized carbons (Fsp3) is 0.379. The van der Waals surface area contributed by atoms with E-state index in [0.29, 0.717) is 22.8 Å². The lowest BCUT2D eigenvalue weighted by atomic mass is 9.83. The predicted octanol–water partition coefficient (Wildman–Crippen LogP) is 7.26. The first-order valence-corrected chi connectivity index (χ1v) is 12.8. The molecular formula is C29H29F3N4O. The van der Waals surface area contributed by atoms with Crippen LogP contribution in [0.4, 0.5) is 19.0 Å². The summed E-state index contributed by atoms with van der Waals surface area (Å²) in [6.45, 7) is 6.14. The Balaban J connectivity index is 1.18. The second-order valence-corrected chi connectivity index (χ2v) is 10.5. The number of benzene rings is 2. The third-order valence-corrected chi connectivity index (χ3v) is 7.58. The fourth-order valence-electron chi connectivity index (χ4n) is 5.72. The van der Waals surface area contributed by atoms with Crippen LogP contribution in [0.2, 0.25) is 0 Å². The van der Waals surface area contributed by atoms with E-state index in [1.54, 1.807) is 6.20 Å². The first-order chi connectivity index (χ1) is 17.7. The van der Waals surface area contributed by atoms with E-state index < -0.39 is 11.7 Å². The monoisotopic (exact) mass is 506 g/mol. The van der Waals surface area contributed by atoms with E-state index in [-0.39, 0.29) is 11.7 Å². The number of nitrogens with one attached hydrogen (secondary N) is 1. The molecule has 5 nitrogen and oxygen atoms in total. The van der Waals surface area contributed by atoms with Crippen LogP contribution in [0.15, 0.2) is 60.8 Å². The van der Waals surface area contributed by atoms with Crippen LogP contribution < -0.4 is 4.90 Å². The smallest absolute Gasteiger partial charge is 0.362 e. The molecule has 8 heteroatoms. The minimum Gasteiger partial charge on any atom is -0.362 e. The number of imidazole rings is 1. The van der Waals surface area contributed by atoms with E-state index in [2.05, 4.69) is 58.0 Å². The number of piperidine rings is 1. The number of pyridine rings is 1. The van der Waals surface area contributed by atoms with E-state index in [4.69, 9.17) is 4.74 Å². The van der Waals surface area contributed by atoms with E-state index in [1.165, 1.54) is 17.2 Å². The Morgan fingerprint density at radius 3 is 2.57 bits per heavy atom. The number of aromatic amines is 1. The normalized spacial score (nSPS) is 19.2. The van der Waals surface area contributed by atoms with Crippen LogP contribution in [-0.2, 0) is 16.5 Å². The van der Waals surface area contributed by atoms with Crippen LogP contribution in [0.3, 0.4) is 0 Å². The molecule has 6 rings (SSSR count). The van der Waals surface area contributed by atoms with Crippen LogP contribution in [0.1, 0.15) is 55.9 Å². The summed E-state index contributed by atoms with van der Waals surface area (Å²) >= 11 is 0. The van der Waals surface area contributed by atoms with Crippen molar-refractivity contribution >= 4 is 16.9 Å². The first-order valence-electron chi connectivity index (χ1n) is 12.8. The molecule has 192 valence electrons. The van der Waals surface area contributed by atoms with Gasteiger partial charge in [-0.15, -0.1) is 0 Å². The zero-order valence-electron chi connectivity index (χ0n) is 20.8. The van der Waals surface area contributed by atoms with Crippen molar-refractivity contribution in [2.75, 3.05) is 18.0 Å². The van der Waals surface area contributed by atoms with Crippen LogP contribution in [-0.4, -0.2) is 28.0 Å². The molecule has 2 aliphatic heterocycles. The molecule has 2 aromatic heterocycles. The number of anilines is 1. The molecule has 2 aliphatic rings. The van der Waals surface area contributed by atoms with Gasteiger partial charge in [0.1, 0.15) is 11.6 Å². The highest BCUT2D eigenvalue weighted by atomic mass is 19.4. The van der Waals surface area contributed by atoms with Gasteiger partial charge in [0.15, 0.2) is 0 Å². The van der Waals surface area contributed by atoms with Crippen molar-refractivity contribution in [2.24, 2.45) is 5.92 Å². The van der Waals surface area contributed by atoms with Gasteiger partial charge in [0.05, 0.1) is 28.3 Å².